The molecule has 0 unspecified atom stereocenters. The maximum absolute atomic E-state index is 11.7. The normalized spacial score (nSPS) is 10.2. The summed E-state index contributed by atoms with van der Waals surface area (Å²) in [6.45, 7) is 1.75. The average molecular weight is 311 g/mol. The van der Waals surface area contributed by atoms with Crippen LogP contribution in [-0.2, 0) is 4.79 Å². The van der Waals surface area contributed by atoms with Crippen molar-refractivity contribution in [2.45, 2.75) is 6.92 Å². The average Bonchev–Trinajstić information content (AvgIpc) is 2.40. The molecule has 0 saturated carbocycles. The molecule has 0 aliphatic heterocycles. The number of anilines is 1. The van der Waals surface area contributed by atoms with Crippen LogP contribution in [-0.4, -0.2) is 17.5 Å². The lowest BCUT2D eigenvalue weighted by Gasteiger charge is -2.09. The SMILES string of the molecule is Cc1ccnc(NC(=O)COc2cccc(Cl)c2Cl)c1. The first kappa shape index (κ1) is 14.6. The van der Waals surface area contributed by atoms with Crippen molar-refractivity contribution in [3.05, 3.63) is 52.1 Å². The number of aromatic nitrogens is 1. The molecule has 1 heterocycles. The van der Waals surface area contributed by atoms with Crippen LogP contribution in [0.25, 0.3) is 0 Å². The molecule has 1 N–H and O–H groups in total. The maximum Gasteiger partial charge on any atom is 0.263 e. The Balaban J connectivity index is 1.94. The standard InChI is InChI=1S/C14H12Cl2N2O2/c1-9-5-6-17-12(7-9)18-13(19)8-20-11-4-2-3-10(15)14(11)16/h2-7H,8H2,1H3,(H,17,18,19). The zero-order valence-electron chi connectivity index (χ0n) is 10.7. The van der Waals surface area contributed by atoms with Gasteiger partial charge in [0.2, 0.25) is 0 Å². The molecule has 0 radical (unpaired) electrons. The number of halogens is 2. The molecular weight excluding hydrogens is 299 g/mol. The van der Waals surface area contributed by atoms with Gasteiger partial charge < -0.3 is 10.1 Å². The highest BCUT2D eigenvalue weighted by atomic mass is 35.5. The predicted octanol–water partition coefficient (Wildman–Crippen LogP) is 3.71. The first-order valence-corrected chi connectivity index (χ1v) is 6.61. The van der Waals surface area contributed by atoms with Gasteiger partial charge in [0.15, 0.2) is 6.61 Å². The minimum atomic E-state index is -0.320. The molecule has 0 atom stereocenters. The molecule has 20 heavy (non-hydrogen) atoms. The van der Waals surface area contributed by atoms with Crippen LogP contribution >= 0.6 is 23.2 Å². The molecule has 1 aromatic carbocycles. The van der Waals surface area contributed by atoms with E-state index in [0.717, 1.165) is 5.56 Å². The van der Waals surface area contributed by atoms with Gasteiger partial charge in [0.25, 0.3) is 5.91 Å². The Kier molecular flexibility index (Phi) is 4.82. The highest BCUT2D eigenvalue weighted by Gasteiger charge is 2.09. The minimum Gasteiger partial charge on any atom is -0.482 e. The van der Waals surface area contributed by atoms with Crippen molar-refractivity contribution >= 4 is 34.9 Å². The van der Waals surface area contributed by atoms with E-state index < -0.39 is 0 Å². The molecule has 1 aromatic heterocycles. The second kappa shape index (κ2) is 6.59. The summed E-state index contributed by atoms with van der Waals surface area (Å²) in [6, 6.07) is 8.60. The van der Waals surface area contributed by atoms with Crippen LogP contribution in [0.4, 0.5) is 5.82 Å². The number of benzene rings is 1. The lowest BCUT2D eigenvalue weighted by molar-refractivity contribution is -0.118. The lowest BCUT2D eigenvalue weighted by Crippen LogP contribution is -2.20. The number of carbonyl (C=O) groups is 1. The second-order valence-corrected chi connectivity index (χ2v) is 4.89. The van der Waals surface area contributed by atoms with E-state index in [9.17, 15) is 4.79 Å². The molecule has 0 aliphatic rings. The Morgan fingerprint density at radius 2 is 2.15 bits per heavy atom. The van der Waals surface area contributed by atoms with E-state index in [4.69, 9.17) is 27.9 Å². The van der Waals surface area contributed by atoms with Gasteiger partial charge in [-0.25, -0.2) is 4.98 Å². The monoisotopic (exact) mass is 310 g/mol. The lowest BCUT2D eigenvalue weighted by atomic mass is 10.3. The zero-order valence-corrected chi connectivity index (χ0v) is 12.2. The van der Waals surface area contributed by atoms with Crippen molar-refractivity contribution in [3.63, 3.8) is 0 Å². The number of pyridine rings is 1. The minimum absolute atomic E-state index is 0.171. The molecule has 4 nitrogen and oxygen atoms in total. The third kappa shape index (κ3) is 3.85. The Bertz CT molecular complexity index is 632. The number of nitrogens with zero attached hydrogens (tertiary/aromatic N) is 1. The van der Waals surface area contributed by atoms with Gasteiger partial charge in [0.05, 0.1) is 5.02 Å². The van der Waals surface area contributed by atoms with Gasteiger partial charge in [-0.2, -0.15) is 0 Å². The molecule has 0 fully saturated rings. The topological polar surface area (TPSA) is 51.2 Å². The molecule has 0 spiro atoms. The molecule has 0 saturated heterocycles. The van der Waals surface area contributed by atoms with Crippen molar-refractivity contribution in [2.75, 3.05) is 11.9 Å². The van der Waals surface area contributed by atoms with E-state index in [1.807, 2.05) is 13.0 Å². The molecule has 0 aliphatic carbocycles. The van der Waals surface area contributed by atoms with Gasteiger partial charge >= 0.3 is 0 Å². The summed E-state index contributed by atoms with van der Waals surface area (Å²) in [5.74, 6) is 0.529. The summed E-state index contributed by atoms with van der Waals surface area (Å²) in [6.07, 6.45) is 1.62. The summed E-state index contributed by atoms with van der Waals surface area (Å²) < 4.78 is 5.33. The number of hydrogen-bond acceptors (Lipinski definition) is 3. The first-order valence-electron chi connectivity index (χ1n) is 5.85. The fourth-order valence-electron chi connectivity index (χ4n) is 1.52. The summed E-state index contributed by atoms with van der Waals surface area (Å²) in [7, 11) is 0. The van der Waals surface area contributed by atoms with Gasteiger partial charge in [0.1, 0.15) is 16.6 Å². The zero-order chi connectivity index (χ0) is 14.5. The quantitative estimate of drug-likeness (QED) is 0.936. The van der Waals surface area contributed by atoms with Crippen molar-refractivity contribution < 1.29 is 9.53 Å². The van der Waals surface area contributed by atoms with Gasteiger partial charge in [-0.3, -0.25) is 4.79 Å². The van der Waals surface area contributed by atoms with Gasteiger partial charge in [-0.1, -0.05) is 29.3 Å². The van der Waals surface area contributed by atoms with Gasteiger partial charge in [-0.15, -0.1) is 0 Å². The van der Waals surface area contributed by atoms with E-state index in [-0.39, 0.29) is 17.5 Å². The van der Waals surface area contributed by atoms with E-state index >= 15 is 0 Å². The summed E-state index contributed by atoms with van der Waals surface area (Å²) in [5, 5.41) is 3.30. The molecule has 2 aromatic rings. The van der Waals surface area contributed by atoms with Crippen molar-refractivity contribution in [1.29, 1.82) is 0 Å². The summed E-state index contributed by atoms with van der Waals surface area (Å²) in [5.41, 5.74) is 1.01. The third-order valence-electron chi connectivity index (χ3n) is 2.46. The Morgan fingerprint density at radius 3 is 2.90 bits per heavy atom. The highest BCUT2D eigenvalue weighted by Crippen LogP contribution is 2.31. The van der Waals surface area contributed by atoms with Crippen LogP contribution in [0.1, 0.15) is 5.56 Å². The molecule has 2 rings (SSSR count). The fraction of sp³-hybridized carbons (Fsp3) is 0.143. The van der Waals surface area contributed by atoms with Crippen molar-refractivity contribution in [2.24, 2.45) is 0 Å². The smallest absolute Gasteiger partial charge is 0.263 e. The van der Waals surface area contributed by atoms with E-state index in [1.165, 1.54) is 0 Å². The highest BCUT2D eigenvalue weighted by molar-refractivity contribution is 6.42. The van der Waals surface area contributed by atoms with Crippen LogP contribution in [0.3, 0.4) is 0 Å². The number of aryl methyl sites for hydroxylation is 1. The first-order chi connectivity index (χ1) is 9.56. The van der Waals surface area contributed by atoms with Crippen LogP contribution in [0.2, 0.25) is 10.0 Å². The second-order valence-electron chi connectivity index (χ2n) is 4.11. The molecule has 6 heteroatoms. The van der Waals surface area contributed by atoms with Gasteiger partial charge in [-0.05, 0) is 36.8 Å². The maximum atomic E-state index is 11.7. The Morgan fingerprint density at radius 1 is 1.35 bits per heavy atom. The van der Waals surface area contributed by atoms with E-state index in [2.05, 4.69) is 10.3 Å². The Labute approximate surface area is 126 Å². The summed E-state index contributed by atoms with van der Waals surface area (Å²) >= 11 is 11.8. The molecule has 104 valence electrons. The molecular formula is C14H12Cl2N2O2. The number of ether oxygens (including phenoxy) is 1. The van der Waals surface area contributed by atoms with Crippen LogP contribution < -0.4 is 10.1 Å². The van der Waals surface area contributed by atoms with Crippen molar-refractivity contribution in [3.8, 4) is 5.75 Å². The summed E-state index contributed by atoms with van der Waals surface area (Å²) in [4.78, 5) is 15.8. The third-order valence-corrected chi connectivity index (χ3v) is 3.26. The number of rotatable bonds is 4. The largest absolute Gasteiger partial charge is 0.482 e. The van der Waals surface area contributed by atoms with E-state index in [0.29, 0.717) is 16.6 Å². The van der Waals surface area contributed by atoms with Gasteiger partial charge in [0, 0.05) is 6.20 Å². The predicted molar refractivity (Wildman–Crippen MR) is 79.6 cm³/mol. The Hall–Kier alpha value is -1.78. The van der Waals surface area contributed by atoms with E-state index in [1.54, 1.807) is 30.5 Å². The number of hydrogen-bond donors (Lipinski definition) is 1. The number of carbonyl (C=O) groups excluding carboxylic acids is 1. The van der Waals surface area contributed by atoms with Crippen LogP contribution in [0.15, 0.2) is 36.5 Å². The van der Waals surface area contributed by atoms with Crippen molar-refractivity contribution in [1.82, 2.24) is 4.98 Å². The fourth-order valence-corrected chi connectivity index (χ4v) is 1.87. The number of amides is 1. The van der Waals surface area contributed by atoms with Crippen LogP contribution in [0.5, 0.6) is 5.75 Å². The number of nitrogens with one attached hydrogen (secondary N) is 1. The molecule has 1 amide bonds. The van der Waals surface area contributed by atoms with Crippen LogP contribution in [0, 0.1) is 6.92 Å². The molecule has 0 bridgehead atoms.